The van der Waals surface area contributed by atoms with Crippen molar-refractivity contribution in [2.45, 2.75) is 13.0 Å². The van der Waals surface area contributed by atoms with Gasteiger partial charge in [0.2, 0.25) is 0 Å². The molecule has 0 saturated heterocycles. The highest BCUT2D eigenvalue weighted by Crippen LogP contribution is 2.26. The van der Waals surface area contributed by atoms with Gasteiger partial charge in [0.25, 0.3) is 0 Å². The SMILES string of the molecule is CC(Nc1cccc2ccccc12)c1cscn1. The summed E-state index contributed by atoms with van der Waals surface area (Å²) in [5.41, 5.74) is 4.12. The van der Waals surface area contributed by atoms with Gasteiger partial charge in [-0.25, -0.2) is 4.98 Å². The molecule has 0 aliphatic rings. The van der Waals surface area contributed by atoms with Gasteiger partial charge >= 0.3 is 0 Å². The van der Waals surface area contributed by atoms with Gasteiger partial charge in [-0.3, -0.25) is 0 Å². The number of anilines is 1. The van der Waals surface area contributed by atoms with E-state index >= 15 is 0 Å². The van der Waals surface area contributed by atoms with E-state index in [1.165, 1.54) is 10.8 Å². The molecule has 3 aromatic rings. The Kier molecular flexibility index (Phi) is 2.99. The molecule has 2 aromatic carbocycles. The molecule has 0 radical (unpaired) electrons. The summed E-state index contributed by atoms with van der Waals surface area (Å²) in [6.45, 7) is 2.14. The Morgan fingerprint density at radius 2 is 1.94 bits per heavy atom. The van der Waals surface area contributed by atoms with Crippen molar-refractivity contribution in [2.24, 2.45) is 0 Å². The largest absolute Gasteiger partial charge is 0.376 e. The maximum Gasteiger partial charge on any atom is 0.0795 e. The van der Waals surface area contributed by atoms with Crippen LogP contribution in [-0.2, 0) is 0 Å². The van der Waals surface area contributed by atoms with E-state index in [0.29, 0.717) is 0 Å². The molecule has 0 fully saturated rings. The van der Waals surface area contributed by atoms with Crippen molar-refractivity contribution in [1.29, 1.82) is 0 Å². The van der Waals surface area contributed by atoms with Crippen LogP contribution in [0, 0.1) is 0 Å². The number of nitrogens with one attached hydrogen (secondary N) is 1. The molecule has 0 aliphatic carbocycles. The molecule has 90 valence electrons. The summed E-state index contributed by atoms with van der Waals surface area (Å²) in [7, 11) is 0. The number of benzene rings is 2. The second kappa shape index (κ2) is 4.78. The molecule has 3 rings (SSSR count). The van der Waals surface area contributed by atoms with Crippen molar-refractivity contribution in [3.05, 3.63) is 59.0 Å². The average Bonchev–Trinajstić information content (AvgIpc) is 2.93. The van der Waals surface area contributed by atoms with Crippen LogP contribution in [0.4, 0.5) is 5.69 Å². The first kappa shape index (κ1) is 11.2. The van der Waals surface area contributed by atoms with Gasteiger partial charge < -0.3 is 5.32 Å². The van der Waals surface area contributed by atoms with Gasteiger partial charge in [-0.15, -0.1) is 11.3 Å². The van der Waals surface area contributed by atoms with E-state index in [0.717, 1.165) is 11.4 Å². The van der Waals surface area contributed by atoms with E-state index in [-0.39, 0.29) is 6.04 Å². The fourth-order valence-corrected chi connectivity index (χ4v) is 2.74. The maximum atomic E-state index is 4.35. The maximum absolute atomic E-state index is 4.35. The first-order valence-corrected chi connectivity index (χ1v) is 6.91. The summed E-state index contributed by atoms with van der Waals surface area (Å²) in [4.78, 5) is 4.35. The third-order valence-electron chi connectivity index (χ3n) is 3.06. The zero-order chi connectivity index (χ0) is 12.4. The van der Waals surface area contributed by atoms with Crippen molar-refractivity contribution < 1.29 is 0 Å². The minimum atomic E-state index is 0.224. The molecule has 1 N–H and O–H groups in total. The molecular formula is C15H14N2S. The van der Waals surface area contributed by atoms with Crippen LogP contribution >= 0.6 is 11.3 Å². The number of aromatic nitrogens is 1. The van der Waals surface area contributed by atoms with Gasteiger partial charge in [0.15, 0.2) is 0 Å². The highest BCUT2D eigenvalue weighted by molar-refractivity contribution is 7.07. The van der Waals surface area contributed by atoms with E-state index in [2.05, 4.69) is 65.1 Å². The molecule has 18 heavy (non-hydrogen) atoms. The highest BCUT2D eigenvalue weighted by atomic mass is 32.1. The van der Waals surface area contributed by atoms with E-state index in [1.807, 2.05) is 5.51 Å². The standard InChI is InChI=1S/C15H14N2S/c1-11(15-9-18-10-16-15)17-14-8-4-6-12-5-2-3-7-13(12)14/h2-11,17H,1H3. The Morgan fingerprint density at radius 3 is 2.78 bits per heavy atom. The number of nitrogens with zero attached hydrogens (tertiary/aromatic N) is 1. The Hall–Kier alpha value is -1.87. The van der Waals surface area contributed by atoms with E-state index in [9.17, 15) is 0 Å². The first-order valence-electron chi connectivity index (χ1n) is 5.97. The number of rotatable bonds is 3. The molecule has 3 heteroatoms. The van der Waals surface area contributed by atoms with Gasteiger partial charge in [-0.1, -0.05) is 36.4 Å². The molecule has 1 atom stereocenters. The fourth-order valence-electron chi connectivity index (χ4n) is 2.09. The number of fused-ring (bicyclic) bond motifs is 1. The molecule has 2 nitrogen and oxygen atoms in total. The van der Waals surface area contributed by atoms with Crippen LogP contribution < -0.4 is 5.32 Å². The molecule has 0 saturated carbocycles. The Labute approximate surface area is 110 Å². The van der Waals surface area contributed by atoms with Crippen LogP contribution in [0.2, 0.25) is 0 Å². The second-order valence-corrected chi connectivity index (χ2v) is 5.02. The molecule has 1 aromatic heterocycles. The normalized spacial score (nSPS) is 12.5. The number of hydrogen-bond acceptors (Lipinski definition) is 3. The first-order chi connectivity index (χ1) is 8.84. The second-order valence-electron chi connectivity index (χ2n) is 4.31. The summed E-state index contributed by atoms with van der Waals surface area (Å²) in [6.07, 6.45) is 0. The minimum absolute atomic E-state index is 0.224. The lowest BCUT2D eigenvalue weighted by Gasteiger charge is -2.15. The molecule has 0 amide bonds. The third kappa shape index (κ3) is 2.09. The van der Waals surface area contributed by atoms with Crippen molar-refractivity contribution in [3.8, 4) is 0 Å². The van der Waals surface area contributed by atoms with Crippen LogP contribution in [0.25, 0.3) is 10.8 Å². The van der Waals surface area contributed by atoms with Gasteiger partial charge in [0.05, 0.1) is 17.2 Å². The van der Waals surface area contributed by atoms with Gasteiger partial charge in [-0.2, -0.15) is 0 Å². The van der Waals surface area contributed by atoms with Crippen molar-refractivity contribution in [2.75, 3.05) is 5.32 Å². The molecular weight excluding hydrogens is 240 g/mol. The molecule has 0 bridgehead atoms. The predicted octanol–water partition coefficient (Wildman–Crippen LogP) is 4.47. The van der Waals surface area contributed by atoms with Crippen molar-refractivity contribution >= 4 is 27.8 Å². The Balaban J connectivity index is 1.95. The quantitative estimate of drug-likeness (QED) is 0.746. The summed E-state index contributed by atoms with van der Waals surface area (Å²) in [5.74, 6) is 0. The predicted molar refractivity (Wildman–Crippen MR) is 78.1 cm³/mol. The molecule has 1 unspecified atom stereocenters. The van der Waals surface area contributed by atoms with E-state index < -0.39 is 0 Å². The van der Waals surface area contributed by atoms with Crippen LogP contribution in [-0.4, -0.2) is 4.98 Å². The Bertz CT molecular complexity index is 641. The molecule has 0 aliphatic heterocycles. The van der Waals surface area contributed by atoms with Crippen LogP contribution in [0.3, 0.4) is 0 Å². The lowest BCUT2D eigenvalue weighted by Crippen LogP contribution is -2.07. The number of hydrogen-bond donors (Lipinski definition) is 1. The monoisotopic (exact) mass is 254 g/mol. The summed E-state index contributed by atoms with van der Waals surface area (Å²) in [6, 6.07) is 15.0. The molecule has 1 heterocycles. The summed E-state index contributed by atoms with van der Waals surface area (Å²) >= 11 is 1.63. The van der Waals surface area contributed by atoms with Crippen molar-refractivity contribution in [1.82, 2.24) is 4.98 Å². The van der Waals surface area contributed by atoms with E-state index in [1.54, 1.807) is 11.3 Å². The van der Waals surface area contributed by atoms with Crippen LogP contribution in [0.5, 0.6) is 0 Å². The van der Waals surface area contributed by atoms with Crippen molar-refractivity contribution in [3.63, 3.8) is 0 Å². The lowest BCUT2D eigenvalue weighted by atomic mass is 10.1. The fraction of sp³-hybridized carbons (Fsp3) is 0.133. The van der Waals surface area contributed by atoms with E-state index in [4.69, 9.17) is 0 Å². The number of thiazole rings is 1. The molecule has 0 spiro atoms. The Morgan fingerprint density at radius 1 is 1.11 bits per heavy atom. The third-order valence-corrected chi connectivity index (χ3v) is 3.66. The summed E-state index contributed by atoms with van der Waals surface area (Å²) < 4.78 is 0. The zero-order valence-electron chi connectivity index (χ0n) is 10.1. The van der Waals surface area contributed by atoms with Crippen LogP contribution in [0.15, 0.2) is 53.4 Å². The zero-order valence-corrected chi connectivity index (χ0v) is 10.9. The highest BCUT2D eigenvalue weighted by Gasteiger charge is 2.08. The van der Waals surface area contributed by atoms with Crippen LogP contribution in [0.1, 0.15) is 18.7 Å². The minimum Gasteiger partial charge on any atom is -0.376 e. The summed E-state index contributed by atoms with van der Waals surface area (Å²) in [5, 5.41) is 8.13. The topological polar surface area (TPSA) is 24.9 Å². The smallest absolute Gasteiger partial charge is 0.0795 e. The van der Waals surface area contributed by atoms with Gasteiger partial charge in [-0.05, 0) is 18.4 Å². The lowest BCUT2D eigenvalue weighted by molar-refractivity contribution is 0.852. The van der Waals surface area contributed by atoms with Gasteiger partial charge in [0.1, 0.15) is 0 Å². The van der Waals surface area contributed by atoms with Gasteiger partial charge in [0, 0.05) is 16.5 Å². The average molecular weight is 254 g/mol.